The summed E-state index contributed by atoms with van der Waals surface area (Å²) in [6.45, 7) is 9.15. The summed E-state index contributed by atoms with van der Waals surface area (Å²) in [7, 11) is 0. The molecular formula is C51H40N2. The van der Waals surface area contributed by atoms with Crippen LogP contribution in [0.4, 0.5) is 17.1 Å². The van der Waals surface area contributed by atoms with Crippen LogP contribution >= 0.6 is 0 Å². The summed E-state index contributed by atoms with van der Waals surface area (Å²) in [5.41, 5.74) is 17.2. The first-order chi connectivity index (χ1) is 25.8. The molecule has 254 valence electrons. The summed E-state index contributed by atoms with van der Waals surface area (Å²) in [6, 6.07) is 62.9. The number of aryl methyl sites for hydroxylation is 2. The van der Waals surface area contributed by atoms with E-state index in [1.54, 1.807) is 0 Å². The molecule has 0 bridgehead atoms. The van der Waals surface area contributed by atoms with E-state index in [9.17, 15) is 0 Å². The lowest BCUT2D eigenvalue weighted by Gasteiger charge is -2.29. The van der Waals surface area contributed by atoms with Gasteiger partial charge in [0, 0.05) is 38.9 Å². The summed E-state index contributed by atoms with van der Waals surface area (Å²) in [5.74, 6) is 0. The number of benzene rings is 8. The number of anilines is 3. The second kappa shape index (κ2) is 11.8. The van der Waals surface area contributed by atoms with Gasteiger partial charge in [0.15, 0.2) is 0 Å². The number of para-hydroxylation sites is 2. The molecule has 2 nitrogen and oxygen atoms in total. The van der Waals surface area contributed by atoms with E-state index in [-0.39, 0.29) is 5.41 Å². The number of fused-ring (bicyclic) bond motifs is 7. The fraction of sp³-hybridized carbons (Fsp3) is 0.0980. The molecule has 0 atom stereocenters. The van der Waals surface area contributed by atoms with E-state index in [4.69, 9.17) is 0 Å². The molecule has 0 aliphatic heterocycles. The molecule has 0 radical (unpaired) electrons. The molecule has 1 aliphatic carbocycles. The third-order valence-electron chi connectivity index (χ3n) is 11.4. The zero-order valence-corrected chi connectivity index (χ0v) is 30.6. The minimum absolute atomic E-state index is 0.191. The number of rotatable bonds is 5. The maximum absolute atomic E-state index is 2.43. The molecule has 2 heteroatoms. The normalized spacial score (nSPS) is 13.1. The molecule has 53 heavy (non-hydrogen) atoms. The Morgan fingerprint density at radius 2 is 1.00 bits per heavy atom. The molecule has 0 fully saturated rings. The topological polar surface area (TPSA) is 8.17 Å². The van der Waals surface area contributed by atoms with E-state index in [1.807, 2.05) is 0 Å². The monoisotopic (exact) mass is 680 g/mol. The average molecular weight is 681 g/mol. The van der Waals surface area contributed by atoms with Crippen LogP contribution in [-0.2, 0) is 5.41 Å². The van der Waals surface area contributed by atoms with Crippen molar-refractivity contribution in [3.63, 3.8) is 0 Å². The average Bonchev–Trinajstić information content (AvgIpc) is 3.63. The standard InChI is InChI=1S/C51H40N2/c1-33-27-34(2)29-42(28-33)52(39-21-19-36(20-22-39)38-18-17-35-11-5-6-12-37(35)30-38)40-23-25-43-44-26-24-41(32-48(44)51(3,4)47(43)31-40)53-49-15-9-7-13-45(49)46-14-8-10-16-50(46)53/h5-32H,1-4H3. The van der Waals surface area contributed by atoms with Gasteiger partial charge in [-0.05, 0) is 136 Å². The van der Waals surface area contributed by atoms with Crippen molar-refractivity contribution in [3.05, 3.63) is 192 Å². The van der Waals surface area contributed by atoms with Crippen LogP contribution in [0.25, 0.3) is 60.5 Å². The third kappa shape index (κ3) is 5.01. The van der Waals surface area contributed by atoms with Crippen molar-refractivity contribution in [1.82, 2.24) is 4.57 Å². The molecule has 0 saturated carbocycles. The fourth-order valence-electron chi connectivity index (χ4n) is 8.89. The van der Waals surface area contributed by atoms with Crippen molar-refractivity contribution < 1.29 is 0 Å². The Morgan fingerprint density at radius 1 is 0.434 bits per heavy atom. The maximum Gasteiger partial charge on any atom is 0.0541 e. The molecule has 8 aromatic carbocycles. The zero-order valence-electron chi connectivity index (χ0n) is 30.6. The van der Waals surface area contributed by atoms with Gasteiger partial charge in [0.25, 0.3) is 0 Å². The molecule has 1 heterocycles. The van der Waals surface area contributed by atoms with Gasteiger partial charge >= 0.3 is 0 Å². The lowest BCUT2D eigenvalue weighted by molar-refractivity contribution is 0.660. The van der Waals surface area contributed by atoms with Crippen molar-refractivity contribution in [1.29, 1.82) is 0 Å². The van der Waals surface area contributed by atoms with Crippen LogP contribution in [0.5, 0.6) is 0 Å². The van der Waals surface area contributed by atoms with Crippen LogP contribution in [0.2, 0.25) is 0 Å². The highest BCUT2D eigenvalue weighted by Crippen LogP contribution is 2.51. The molecule has 1 aliphatic rings. The van der Waals surface area contributed by atoms with Gasteiger partial charge in [-0.1, -0.05) is 117 Å². The van der Waals surface area contributed by atoms with Gasteiger partial charge in [-0.2, -0.15) is 0 Å². The second-order valence-electron chi connectivity index (χ2n) is 15.2. The number of hydrogen-bond donors (Lipinski definition) is 0. The van der Waals surface area contributed by atoms with Crippen molar-refractivity contribution in [2.75, 3.05) is 4.90 Å². The first kappa shape index (κ1) is 31.4. The van der Waals surface area contributed by atoms with Crippen molar-refractivity contribution in [2.24, 2.45) is 0 Å². The number of aromatic nitrogens is 1. The molecule has 0 spiro atoms. The van der Waals surface area contributed by atoms with Gasteiger partial charge in [-0.15, -0.1) is 0 Å². The number of nitrogens with zero attached hydrogens (tertiary/aromatic N) is 2. The minimum Gasteiger partial charge on any atom is -0.310 e. The first-order valence-electron chi connectivity index (χ1n) is 18.6. The van der Waals surface area contributed by atoms with E-state index >= 15 is 0 Å². The van der Waals surface area contributed by atoms with Gasteiger partial charge in [0.1, 0.15) is 0 Å². The van der Waals surface area contributed by atoms with Crippen LogP contribution < -0.4 is 4.90 Å². The lowest BCUT2D eigenvalue weighted by Crippen LogP contribution is -2.17. The Bertz CT molecular complexity index is 2810. The highest BCUT2D eigenvalue weighted by molar-refractivity contribution is 6.09. The molecular weight excluding hydrogens is 641 g/mol. The maximum atomic E-state index is 2.43. The Morgan fingerprint density at radius 3 is 1.70 bits per heavy atom. The van der Waals surface area contributed by atoms with Crippen molar-refractivity contribution in [3.8, 4) is 27.9 Å². The van der Waals surface area contributed by atoms with Crippen LogP contribution in [0, 0.1) is 13.8 Å². The van der Waals surface area contributed by atoms with E-state index in [0.29, 0.717) is 0 Å². The first-order valence-corrected chi connectivity index (χ1v) is 18.6. The van der Waals surface area contributed by atoms with Gasteiger partial charge in [-0.25, -0.2) is 0 Å². The molecule has 0 unspecified atom stereocenters. The Hall–Kier alpha value is -6.38. The van der Waals surface area contributed by atoms with Gasteiger partial charge in [0.05, 0.1) is 11.0 Å². The quantitative estimate of drug-likeness (QED) is 0.176. The largest absolute Gasteiger partial charge is 0.310 e. The van der Waals surface area contributed by atoms with Gasteiger partial charge in [-0.3, -0.25) is 0 Å². The number of hydrogen-bond acceptors (Lipinski definition) is 1. The zero-order chi connectivity index (χ0) is 35.8. The van der Waals surface area contributed by atoms with Crippen LogP contribution in [0.3, 0.4) is 0 Å². The fourth-order valence-corrected chi connectivity index (χ4v) is 8.89. The van der Waals surface area contributed by atoms with E-state index in [1.165, 1.54) is 88.5 Å². The van der Waals surface area contributed by atoms with E-state index in [0.717, 1.165) is 11.4 Å². The van der Waals surface area contributed by atoms with E-state index < -0.39 is 0 Å². The molecule has 0 N–H and O–H groups in total. The predicted molar refractivity (Wildman–Crippen MR) is 225 cm³/mol. The Labute approximate surface area is 311 Å². The molecule has 1 aromatic heterocycles. The Kier molecular flexibility index (Phi) is 7.00. The van der Waals surface area contributed by atoms with Crippen molar-refractivity contribution in [2.45, 2.75) is 33.1 Å². The van der Waals surface area contributed by atoms with Crippen molar-refractivity contribution >= 4 is 49.6 Å². The molecule has 10 rings (SSSR count). The smallest absolute Gasteiger partial charge is 0.0541 e. The molecule has 9 aromatic rings. The van der Waals surface area contributed by atoms with Crippen LogP contribution in [0.1, 0.15) is 36.1 Å². The van der Waals surface area contributed by atoms with Crippen LogP contribution in [-0.4, -0.2) is 4.57 Å². The second-order valence-corrected chi connectivity index (χ2v) is 15.2. The SMILES string of the molecule is Cc1cc(C)cc(N(c2ccc(-c3ccc4ccccc4c3)cc2)c2ccc3c(c2)C(C)(C)c2cc(-n4c5ccccc5c5ccccc54)ccc2-3)c1. The lowest BCUT2D eigenvalue weighted by atomic mass is 9.82. The molecule has 0 saturated heterocycles. The van der Waals surface area contributed by atoms with Crippen LogP contribution in [0.15, 0.2) is 170 Å². The summed E-state index contributed by atoms with van der Waals surface area (Å²) in [5, 5.41) is 5.09. The highest BCUT2D eigenvalue weighted by atomic mass is 15.1. The predicted octanol–water partition coefficient (Wildman–Crippen LogP) is 14.0. The Balaban J connectivity index is 1.07. The van der Waals surface area contributed by atoms with Gasteiger partial charge in [0.2, 0.25) is 0 Å². The van der Waals surface area contributed by atoms with Gasteiger partial charge < -0.3 is 9.47 Å². The summed E-state index contributed by atoms with van der Waals surface area (Å²) < 4.78 is 2.43. The summed E-state index contributed by atoms with van der Waals surface area (Å²) in [6.07, 6.45) is 0. The minimum atomic E-state index is -0.191. The third-order valence-corrected chi connectivity index (χ3v) is 11.4. The van der Waals surface area contributed by atoms with E-state index in [2.05, 4.69) is 207 Å². The molecule has 0 amide bonds. The highest BCUT2D eigenvalue weighted by Gasteiger charge is 2.36. The summed E-state index contributed by atoms with van der Waals surface area (Å²) >= 11 is 0. The summed E-state index contributed by atoms with van der Waals surface area (Å²) in [4.78, 5) is 2.42.